The van der Waals surface area contributed by atoms with E-state index in [1.165, 1.54) is 42.1 Å². The molecule has 0 saturated carbocycles. The normalized spacial score (nSPS) is 19.8. The third-order valence-corrected chi connectivity index (χ3v) is 4.27. The minimum atomic E-state index is 0. The molecular formula is C17H23ClN2. The highest BCUT2D eigenvalue weighted by atomic mass is 35.5. The standard InChI is InChI=1S/C17H22N2.ClH/c18-12-16-9-3-4-11-19(16)13-15-8-5-7-14-6-1-2-10-17(14)15;/h1-2,5-8,10,16H,3-4,9,11-13,18H2;1H. The maximum Gasteiger partial charge on any atom is 0.0243 e. The highest BCUT2D eigenvalue weighted by Gasteiger charge is 2.21. The smallest absolute Gasteiger partial charge is 0.0243 e. The lowest BCUT2D eigenvalue weighted by Gasteiger charge is -2.35. The summed E-state index contributed by atoms with van der Waals surface area (Å²) in [6.45, 7) is 3.00. The van der Waals surface area contributed by atoms with Gasteiger partial charge in [0, 0.05) is 19.1 Å². The molecule has 0 amide bonds. The van der Waals surface area contributed by atoms with E-state index >= 15 is 0 Å². The summed E-state index contributed by atoms with van der Waals surface area (Å²) in [5.74, 6) is 0. The van der Waals surface area contributed by atoms with E-state index in [0.717, 1.165) is 13.1 Å². The van der Waals surface area contributed by atoms with E-state index in [-0.39, 0.29) is 12.4 Å². The van der Waals surface area contributed by atoms with Crippen LogP contribution >= 0.6 is 12.4 Å². The minimum Gasteiger partial charge on any atom is -0.329 e. The van der Waals surface area contributed by atoms with Crippen LogP contribution in [0.1, 0.15) is 24.8 Å². The topological polar surface area (TPSA) is 29.3 Å². The van der Waals surface area contributed by atoms with Crippen molar-refractivity contribution < 1.29 is 0 Å². The van der Waals surface area contributed by atoms with Gasteiger partial charge in [0.2, 0.25) is 0 Å². The molecule has 2 N–H and O–H groups in total. The number of hydrogen-bond acceptors (Lipinski definition) is 2. The second-order valence-corrected chi connectivity index (χ2v) is 5.49. The Kier molecular flexibility index (Phi) is 5.41. The molecule has 1 unspecified atom stereocenters. The maximum absolute atomic E-state index is 5.92. The number of rotatable bonds is 3. The first-order valence-electron chi connectivity index (χ1n) is 7.29. The highest BCUT2D eigenvalue weighted by molar-refractivity contribution is 5.85. The largest absolute Gasteiger partial charge is 0.329 e. The molecular weight excluding hydrogens is 268 g/mol. The number of nitrogens with zero attached hydrogens (tertiary/aromatic N) is 1. The zero-order chi connectivity index (χ0) is 13.1. The Morgan fingerprint density at radius 2 is 1.85 bits per heavy atom. The average Bonchev–Trinajstić information content (AvgIpc) is 2.48. The fourth-order valence-electron chi connectivity index (χ4n) is 3.18. The second kappa shape index (κ2) is 7.07. The van der Waals surface area contributed by atoms with Gasteiger partial charge in [0.05, 0.1) is 0 Å². The van der Waals surface area contributed by atoms with E-state index in [4.69, 9.17) is 5.73 Å². The first-order chi connectivity index (χ1) is 9.38. The van der Waals surface area contributed by atoms with E-state index < -0.39 is 0 Å². The van der Waals surface area contributed by atoms with Crippen LogP contribution in [0.5, 0.6) is 0 Å². The predicted molar refractivity (Wildman–Crippen MR) is 88.3 cm³/mol. The Morgan fingerprint density at radius 1 is 1.05 bits per heavy atom. The molecule has 1 aliphatic heterocycles. The van der Waals surface area contributed by atoms with E-state index in [1.54, 1.807) is 0 Å². The first-order valence-corrected chi connectivity index (χ1v) is 7.29. The van der Waals surface area contributed by atoms with Crippen molar-refractivity contribution in [3.05, 3.63) is 48.0 Å². The van der Waals surface area contributed by atoms with Gasteiger partial charge >= 0.3 is 0 Å². The van der Waals surface area contributed by atoms with Crippen LogP contribution in [-0.4, -0.2) is 24.0 Å². The predicted octanol–water partition coefficient (Wildman–Crippen LogP) is 3.57. The molecule has 0 aliphatic carbocycles. The van der Waals surface area contributed by atoms with Crippen LogP contribution in [0.3, 0.4) is 0 Å². The number of halogens is 1. The number of benzene rings is 2. The van der Waals surface area contributed by atoms with E-state index in [9.17, 15) is 0 Å². The SMILES string of the molecule is Cl.NCC1CCCCN1Cc1cccc2ccccc12. The summed E-state index contributed by atoms with van der Waals surface area (Å²) in [6.07, 6.45) is 3.89. The summed E-state index contributed by atoms with van der Waals surface area (Å²) in [7, 11) is 0. The summed E-state index contributed by atoms with van der Waals surface area (Å²) < 4.78 is 0. The molecule has 1 aliphatic rings. The number of piperidine rings is 1. The molecule has 3 heteroatoms. The Balaban J connectivity index is 0.00000147. The lowest BCUT2D eigenvalue weighted by Crippen LogP contribution is -2.43. The molecule has 1 fully saturated rings. The van der Waals surface area contributed by atoms with Crippen molar-refractivity contribution in [2.24, 2.45) is 5.73 Å². The van der Waals surface area contributed by atoms with E-state index in [2.05, 4.69) is 47.4 Å². The van der Waals surface area contributed by atoms with Gasteiger partial charge in [-0.3, -0.25) is 4.90 Å². The number of hydrogen-bond donors (Lipinski definition) is 1. The van der Waals surface area contributed by atoms with E-state index in [0.29, 0.717) is 6.04 Å². The summed E-state index contributed by atoms with van der Waals surface area (Å²) in [5, 5.41) is 2.72. The van der Waals surface area contributed by atoms with Crippen LogP contribution in [0.25, 0.3) is 10.8 Å². The Bertz CT molecular complexity index is 550. The summed E-state index contributed by atoms with van der Waals surface area (Å²) in [4.78, 5) is 2.56. The highest BCUT2D eigenvalue weighted by Crippen LogP contribution is 2.23. The molecule has 0 bridgehead atoms. The van der Waals surface area contributed by atoms with Gasteiger partial charge in [-0.05, 0) is 35.7 Å². The van der Waals surface area contributed by atoms with Crippen molar-refractivity contribution in [3.8, 4) is 0 Å². The molecule has 1 atom stereocenters. The first kappa shape index (κ1) is 15.3. The Hall–Kier alpha value is -1.09. The van der Waals surface area contributed by atoms with Gasteiger partial charge in [-0.15, -0.1) is 12.4 Å². The lowest BCUT2D eigenvalue weighted by atomic mass is 9.99. The van der Waals surface area contributed by atoms with Crippen molar-refractivity contribution in [1.29, 1.82) is 0 Å². The number of fused-ring (bicyclic) bond motifs is 1. The second-order valence-electron chi connectivity index (χ2n) is 5.49. The van der Waals surface area contributed by atoms with Gasteiger partial charge in [-0.25, -0.2) is 0 Å². The van der Waals surface area contributed by atoms with Crippen LogP contribution in [0, 0.1) is 0 Å². The molecule has 2 nitrogen and oxygen atoms in total. The van der Waals surface area contributed by atoms with Gasteiger partial charge in [-0.1, -0.05) is 48.9 Å². The van der Waals surface area contributed by atoms with Gasteiger partial charge in [0.25, 0.3) is 0 Å². The van der Waals surface area contributed by atoms with Gasteiger partial charge in [0.1, 0.15) is 0 Å². The molecule has 1 heterocycles. The maximum atomic E-state index is 5.92. The van der Waals surface area contributed by atoms with Crippen molar-refractivity contribution in [2.75, 3.05) is 13.1 Å². The average molecular weight is 291 g/mol. The third kappa shape index (κ3) is 3.14. The van der Waals surface area contributed by atoms with Gasteiger partial charge in [-0.2, -0.15) is 0 Å². The Labute approximate surface area is 127 Å². The van der Waals surface area contributed by atoms with Crippen LogP contribution in [0.2, 0.25) is 0 Å². The number of likely N-dealkylation sites (tertiary alicyclic amines) is 1. The fourth-order valence-corrected chi connectivity index (χ4v) is 3.18. The van der Waals surface area contributed by atoms with Crippen molar-refractivity contribution in [3.63, 3.8) is 0 Å². The summed E-state index contributed by atoms with van der Waals surface area (Å²) in [6, 6.07) is 15.8. The van der Waals surface area contributed by atoms with Crippen molar-refractivity contribution in [1.82, 2.24) is 4.90 Å². The monoisotopic (exact) mass is 290 g/mol. The third-order valence-electron chi connectivity index (χ3n) is 4.27. The van der Waals surface area contributed by atoms with E-state index in [1.807, 2.05) is 0 Å². The summed E-state index contributed by atoms with van der Waals surface area (Å²) in [5.41, 5.74) is 7.35. The summed E-state index contributed by atoms with van der Waals surface area (Å²) >= 11 is 0. The van der Waals surface area contributed by atoms with Gasteiger partial charge < -0.3 is 5.73 Å². The molecule has 2 aromatic rings. The van der Waals surface area contributed by atoms with Crippen LogP contribution in [0.4, 0.5) is 0 Å². The molecule has 0 aromatic heterocycles. The molecule has 20 heavy (non-hydrogen) atoms. The molecule has 1 saturated heterocycles. The zero-order valence-electron chi connectivity index (χ0n) is 11.8. The van der Waals surface area contributed by atoms with Crippen molar-refractivity contribution in [2.45, 2.75) is 31.8 Å². The quantitative estimate of drug-likeness (QED) is 0.936. The fraction of sp³-hybridized carbons (Fsp3) is 0.412. The lowest BCUT2D eigenvalue weighted by molar-refractivity contribution is 0.145. The molecule has 0 spiro atoms. The molecule has 0 radical (unpaired) electrons. The molecule has 2 aromatic carbocycles. The Morgan fingerprint density at radius 3 is 2.70 bits per heavy atom. The van der Waals surface area contributed by atoms with Crippen molar-refractivity contribution >= 4 is 23.2 Å². The number of nitrogens with two attached hydrogens (primary N) is 1. The zero-order valence-corrected chi connectivity index (χ0v) is 12.6. The van der Waals surface area contributed by atoms with Crippen LogP contribution in [0.15, 0.2) is 42.5 Å². The van der Waals surface area contributed by atoms with Crippen LogP contribution in [-0.2, 0) is 6.54 Å². The minimum absolute atomic E-state index is 0. The van der Waals surface area contributed by atoms with Gasteiger partial charge in [0.15, 0.2) is 0 Å². The molecule has 108 valence electrons. The molecule has 3 rings (SSSR count). The van der Waals surface area contributed by atoms with Crippen LogP contribution < -0.4 is 5.73 Å².